The predicted molar refractivity (Wildman–Crippen MR) is 97.7 cm³/mol. The number of halogens is 1. The lowest BCUT2D eigenvalue weighted by atomic mass is 10.1. The summed E-state index contributed by atoms with van der Waals surface area (Å²) < 4.78 is 32.6. The fourth-order valence-electron chi connectivity index (χ4n) is 2.41. The summed E-state index contributed by atoms with van der Waals surface area (Å²) in [6, 6.07) is 11.5. The number of aromatic hydroxyl groups is 1. The quantitative estimate of drug-likeness (QED) is 0.276. The highest BCUT2D eigenvalue weighted by atomic mass is 35.5. The summed E-state index contributed by atoms with van der Waals surface area (Å²) in [5.41, 5.74) is -1.08. The van der Waals surface area contributed by atoms with Crippen molar-refractivity contribution in [3.63, 3.8) is 0 Å². The third-order valence-corrected chi connectivity index (χ3v) is 4.79. The number of nitrogens with zero attached hydrogens (tertiary/aromatic N) is 3. The van der Waals surface area contributed by atoms with Crippen LogP contribution < -0.4 is 0 Å². The van der Waals surface area contributed by atoms with E-state index in [-0.39, 0.29) is 11.4 Å². The Morgan fingerprint density at radius 3 is 2.37 bits per heavy atom. The first-order chi connectivity index (χ1) is 12.7. The van der Waals surface area contributed by atoms with Gasteiger partial charge in [0.15, 0.2) is 0 Å². The van der Waals surface area contributed by atoms with Gasteiger partial charge < -0.3 is 5.11 Å². The minimum atomic E-state index is -4.87. The molecule has 0 bridgehead atoms. The van der Waals surface area contributed by atoms with E-state index in [2.05, 4.69) is 10.2 Å². The molecule has 0 spiro atoms. The molecular weight excluding hydrogens is 398 g/mol. The van der Waals surface area contributed by atoms with Crippen LogP contribution in [0.3, 0.4) is 0 Å². The lowest BCUT2D eigenvalue weighted by molar-refractivity contribution is -0.385. The highest BCUT2D eigenvalue weighted by molar-refractivity contribution is 7.86. The van der Waals surface area contributed by atoms with Crippen molar-refractivity contribution in [2.24, 2.45) is 10.2 Å². The molecule has 3 rings (SSSR count). The van der Waals surface area contributed by atoms with Gasteiger partial charge in [0.2, 0.25) is 0 Å². The summed E-state index contributed by atoms with van der Waals surface area (Å²) in [7, 11) is -4.87. The normalized spacial score (nSPS) is 11.9. The Morgan fingerprint density at radius 2 is 1.70 bits per heavy atom. The molecule has 0 fully saturated rings. The third-order valence-electron chi connectivity index (χ3n) is 3.63. The third kappa shape index (κ3) is 3.72. The van der Waals surface area contributed by atoms with Crippen LogP contribution in [0.25, 0.3) is 10.8 Å². The van der Waals surface area contributed by atoms with E-state index in [4.69, 9.17) is 11.6 Å². The van der Waals surface area contributed by atoms with Gasteiger partial charge in [0.1, 0.15) is 22.0 Å². The van der Waals surface area contributed by atoms with Crippen LogP contribution in [0.1, 0.15) is 0 Å². The number of hydrogen-bond donors (Lipinski definition) is 2. The molecule has 3 aromatic carbocycles. The highest BCUT2D eigenvalue weighted by Gasteiger charge is 2.24. The summed E-state index contributed by atoms with van der Waals surface area (Å²) >= 11 is 5.91. The summed E-state index contributed by atoms with van der Waals surface area (Å²) in [5.74, 6) is -0.219. The Hall–Kier alpha value is -3.08. The Balaban J connectivity index is 2.22. The standard InChI is InChI=1S/C16H10ClN3O6S/c17-12-7-10(20(22)23)8-14(27(24,25)26)16(12)19-18-15-11-4-2-1-3-9(11)5-6-13(15)21/h1-8,21H,(H,24,25,26). The second-order valence-electron chi connectivity index (χ2n) is 5.36. The van der Waals surface area contributed by atoms with Gasteiger partial charge in [-0.15, -0.1) is 10.2 Å². The lowest BCUT2D eigenvalue weighted by Gasteiger charge is -2.06. The van der Waals surface area contributed by atoms with Crippen LogP contribution in [0.2, 0.25) is 5.02 Å². The summed E-state index contributed by atoms with van der Waals surface area (Å²) in [6.45, 7) is 0. The molecule has 0 aliphatic carbocycles. The zero-order chi connectivity index (χ0) is 19.8. The summed E-state index contributed by atoms with van der Waals surface area (Å²) in [4.78, 5) is 9.16. The summed E-state index contributed by atoms with van der Waals surface area (Å²) in [5, 5.41) is 29.4. The monoisotopic (exact) mass is 407 g/mol. The number of nitro benzene ring substituents is 1. The van der Waals surface area contributed by atoms with Crippen molar-refractivity contribution in [2.45, 2.75) is 4.90 Å². The molecule has 138 valence electrons. The van der Waals surface area contributed by atoms with E-state index in [9.17, 15) is 28.2 Å². The number of nitro groups is 1. The van der Waals surface area contributed by atoms with Crippen molar-refractivity contribution >= 4 is 49.6 Å². The van der Waals surface area contributed by atoms with Crippen molar-refractivity contribution in [2.75, 3.05) is 0 Å². The number of phenolic OH excluding ortho intramolecular Hbond substituents is 1. The van der Waals surface area contributed by atoms with Gasteiger partial charge in [0, 0.05) is 17.5 Å². The predicted octanol–water partition coefficient (Wildman–Crippen LogP) is 4.77. The second kappa shape index (κ2) is 6.91. The van der Waals surface area contributed by atoms with E-state index >= 15 is 0 Å². The van der Waals surface area contributed by atoms with E-state index in [0.29, 0.717) is 11.5 Å². The molecule has 0 aliphatic heterocycles. The minimum absolute atomic E-state index is 0.0452. The Labute approximate surface area is 157 Å². The SMILES string of the molecule is O=[N+]([O-])c1cc(Cl)c(N=Nc2c(O)ccc3ccccc23)c(S(=O)(=O)O)c1. The van der Waals surface area contributed by atoms with Crippen LogP contribution in [0.4, 0.5) is 17.1 Å². The van der Waals surface area contributed by atoms with Gasteiger partial charge in [-0.1, -0.05) is 41.9 Å². The number of phenols is 1. The molecule has 0 saturated carbocycles. The first kappa shape index (κ1) is 18.7. The van der Waals surface area contributed by atoms with Crippen LogP contribution in [0.5, 0.6) is 5.75 Å². The van der Waals surface area contributed by atoms with Crippen LogP contribution in [0, 0.1) is 10.1 Å². The molecule has 0 heterocycles. The average Bonchev–Trinajstić information content (AvgIpc) is 2.60. The first-order valence-corrected chi connectivity index (χ1v) is 9.08. The minimum Gasteiger partial charge on any atom is -0.506 e. The van der Waals surface area contributed by atoms with Crippen molar-refractivity contribution in [1.82, 2.24) is 0 Å². The largest absolute Gasteiger partial charge is 0.506 e. The van der Waals surface area contributed by atoms with E-state index in [1.54, 1.807) is 30.3 Å². The number of azo groups is 1. The van der Waals surface area contributed by atoms with Crippen molar-refractivity contribution in [3.8, 4) is 5.75 Å². The lowest BCUT2D eigenvalue weighted by Crippen LogP contribution is -2.00. The molecule has 3 aromatic rings. The molecule has 9 nitrogen and oxygen atoms in total. The Kier molecular flexibility index (Phi) is 4.79. The second-order valence-corrected chi connectivity index (χ2v) is 7.16. The van der Waals surface area contributed by atoms with Gasteiger partial charge in [-0.3, -0.25) is 14.7 Å². The molecule has 0 unspecified atom stereocenters. The van der Waals surface area contributed by atoms with Gasteiger partial charge in [-0.2, -0.15) is 8.42 Å². The van der Waals surface area contributed by atoms with Gasteiger partial charge in [0.25, 0.3) is 15.8 Å². The topological polar surface area (TPSA) is 142 Å². The number of non-ortho nitro benzene ring substituents is 1. The Bertz CT molecular complexity index is 1210. The van der Waals surface area contributed by atoms with Crippen LogP contribution in [0.15, 0.2) is 63.7 Å². The Morgan fingerprint density at radius 1 is 1.04 bits per heavy atom. The van der Waals surface area contributed by atoms with Crippen molar-refractivity contribution in [1.29, 1.82) is 0 Å². The van der Waals surface area contributed by atoms with Crippen LogP contribution >= 0.6 is 11.6 Å². The van der Waals surface area contributed by atoms with Crippen molar-refractivity contribution in [3.05, 3.63) is 63.7 Å². The maximum absolute atomic E-state index is 11.6. The molecule has 2 N–H and O–H groups in total. The number of fused-ring (bicyclic) bond motifs is 1. The highest BCUT2D eigenvalue weighted by Crippen LogP contribution is 2.40. The molecule has 0 aromatic heterocycles. The molecule has 27 heavy (non-hydrogen) atoms. The van der Waals surface area contributed by atoms with Gasteiger partial charge in [-0.05, 0) is 11.5 Å². The molecule has 11 heteroatoms. The first-order valence-electron chi connectivity index (χ1n) is 7.26. The summed E-state index contributed by atoms with van der Waals surface area (Å²) in [6.07, 6.45) is 0. The van der Waals surface area contributed by atoms with Crippen LogP contribution in [-0.4, -0.2) is 23.0 Å². The molecule has 0 saturated heterocycles. The average molecular weight is 408 g/mol. The van der Waals surface area contributed by atoms with Gasteiger partial charge in [0.05, 0.1) is 9.95 Å². The maximum atomic E-state index is 11.6. The maximum Gasteiger partial charge on any atom is 0.297 e. The smallest absolute Gasteiger partial charge is 0.297 e. The van der Waals surface area contributed by atoms with E-state index < -0.39 is 36.3 Å². The number of hydrogen-bond acceptors (Lipinski definition) is 7. The fourth-order valence-corrected chi connectivity index (χ4v) is 3.38. The zero-order valence-electron chi connectivity index (χ0n) is 13.3. The molecule has 0 atom stereocenters. The van der Waals surface area contributed by atoms with E-state index in [1.807, 2.05) is 0 Å². The van der Waals surface area contributed by atoms with Gasteiger partial charge >= 0.3 is 0 Å². The molecule has 0 aliphatic rings. The number of rotatable bonds is 4. The van der Waals surface area contributed by atoms with E-state index in [0.717, 1.165) is 11.5 Å². The fraction of sp³-hybridized carbons (Fsp3) is 0. The van der Waals surface area contributed by atoms with Gasteiger partial charge in [-0.25, -0.2) is 0 Å². The van der Waals surface area contributed by atoms with Crippen molar-refractivity contribution < 1.29 is 23.0 Å². The molecular formula is C16H10ClN3O6S. The zero-order valence-corrected chi connectivity index (χ0v) is 14.8. The molecule has 0 amide bonds. The number of benzene rings is 3. The molecule has 0 radical (unpaired) electrons. The van der Waals surface area contributed by atoms with E-state index in [1.165, 1.54) is 6.07 Å². The van der Waals surface area contributed by atoms with Crippen LogP contribution in [-0.2, 0) is 10.1 Å².